The number of hydrogen-bond acceptors (Lipinski definition) is 9. The highest BCUT2D eigenvalue weighted by Crippen LogP contribution is 2.44. The van der Waals surface area contributed by atoms with Crippen molar-refractivity contribution in [2.45, 2.75) is 33.7 Å². The van der Waals surface area contributed by atoms with Crippen molar-refractivity contribution in [1.29, 1.82) is 0 Å². The molecule has 0 fully saturated rings. The zero-order valence-corrected chi connectivity index (χ0v) is 40.6. The van der Waals surface area contributed by atoms with E-state index in [4.69, 9.17) is 21.4 Å². The number of nitrogens with zero attached hydrogens (tertiary/aromatic N) is 4. The van der Waals surface area contributed by atoms with Crippen LogP contribution in [0.3, 0.4) is 0 Å². The van der Waals surface area contributed by atoms with Crippen LogP contribution in [0, 0.1) is 20.8 Å². The van der Waals surface area contributed by atoms with E-state index in [2.05, 4.69) is 92.9 Å². The Labute approximate surface area is 418 Å². The second-order valence-corrected chi connectivity index (χ2v) is 18.7. The topological polar surface area (TPSA) is 143 Å². The quantitative estimate of drug-likeness (QED) is 0.0410. The van der Waals surface area contributed by atoms with Crippen LogP contribution in [0.4, 0.5) is 34.1 Å². The summed E-state index contributed by atoms with van der Waals surface area (Å²) in [7, 11) is 0. The molecule has 8 aromatic carbocycles. The lowest BCUT2D eigenvalue weighted by molar-refractivity contribution is -0.538. The smallest absolute Gasteiger partial charge is 0.239 e. The Bertz CT molecular complexity index is 3710. The zero-order chi connectivity index (χ0) is 49.6. The molecule has 0 radical (unpaired) electrons. The lowest BCUT2D eigenvalue weighted by Gasteiger charge is -2.38. The molecule has 1 aliphatic heterocycles. The summed E-state index contributed by atoms with van der Waals surface area (Å²) < 4.78 is 2.18. The minimum Gasteiger partial charge on any atom is -0.398 e. The van der Waals surface area contributed by atoms with Crippen LogP contribution in [0.5, 0.6) is 0 Å². The predicted octanol–water partition coefficient (Wildman–Crippen LogP) is 12.3. The van der Waals surface area contributed by atoms with E-state index in [1.807, 2.05) is 137 Å². The first-order valence-electron chi connectivity index (χ1n) is 24.2. The third kappa shape index (κ3) is 8.64. The first-order valence-corrected chi connectivity index (χ1v) is 24.2. The summed E-state index contributed by atoms with van der Waals surface area (Å²) in [6, 6.07) is 56.3. The number of Topliss-reactive ketones (excluding diaryl/α,β-unsaturated/α-hetero) is 2. The number of benzene rings is 8. The van der Waals surface area contributed by atoms with Gasteiger partial charge in [0, 0.05) is 63.8 Å². The Morgan fingerprint density at radius 2 is 1.10 bits per heavy atom. The van der Waals surface area contributed by atoms with Crippen molar-refractivity contribution in [3.63, 3.8) is 0 Å². The van der Waals surface area contributed by atoms with Crippen molar-refractivity contribution < 1.29 is 14.2 Å². The Kier molecular flexibility index (Phi) is 11.7. The SMILES string of the molecule is CC1=CC2=Nc3cc(C)c(N)cc3N(c3ccccc3)C2C=C1NCC(=O)c1ccc(-c2ccc(-c3ccc(C(=O)CNc4cc5c(cc4C)nc4cc(C)c(N)cc4[n+]5-c4ccccc4)cc3)cc2)cc1. The molecule has 352 valence electrons. The Morgan fingerprint density at radius 1 is 0.583 bits per heavy atom. The lowest BCUT2D eigenvalue weighted by atomic mass is 9.93. The van der Waals surface area contributed by atoms with Gasteiger partial charge in [-0.3, -0.25) is 9.59 Å². The van der Waals surface area contributed by atoms with Crippen LogP contribution in [-0.2, 0) is 0 Å². The molecule has 6 N–H and O–H groups in total. The third-order valence-electron chi connectivity index (χ3n) is 13.9. The van der Waals surface area contributed by atoms with Gasteiger partial charge in [0.25, 0.3) is 0 Å². The van der Waals surface area contributed by atoms with Crippen LogP contribution in [0.1, 0.15) is 44.3 Å². The molecule has 11 rings (SSSR count). The molecule has 0 spiro atoms. The number of carbonyl (C=O) groups excluding carboxylic acids is 2. The van der Waals surface area contributed by atoms with Crippen LogP contribution >= 0.6 is 0 Å². The Morgan fingerprint density at radius 3 is 1.71 bits per heavy atom. The van der Waals surface area contributed by atoms with Crippen molar-refractivity contribution in [3.05, 3.63) is 221 Å². The molecule has 9 aromatic rings. The number of nitrogens with one attached hydrogen (secondary N) is 2. The normalized spacial score (nSPS) is 14.0. The van der Waals surface area contributed by atoms with E-state index in [0.717, 1.165) is 112 Å². The number of anilines is 5. The van der Waals surface area contributed by atoms with Gasteiger partial charge in [0.1, 0.15) is 11.0 Å². The number of aryl methyl sites for hydroxylation is 3. The van der Waals surface area contributed by atoms with Gasteiger partial charge in [-0.15, -0.1) is 4.57 Å². The number of para-hydroxylation sites is 2. The minimum atomic E-state index is -0.182. The molecule has 0 bridgehead atoms. The van der Waals surface area contributed by atoms with Crippen molar-refractivity contribution >= 4 is 73.5 Å². The molecule has 0 saturated carbocycles. The molecular weight excluding hydrogens is 889 g/mol. The summed E-state index contributed by atoms with van der Waals surface area (Å²) in [5.41, 5.74) is 33.6. The first-order chi connectivity index (χ1) is 34.9. The summed E-state index contributed by atoms with van der Waals surface area (Å²) >= 11 is 0. The minimum absolute atomic E-state index is 0.00649. The van der Waals surface area contributed by atoms with Crippen LogP contribution in [0.15, 0.2) is 198 Å². The van der Waals surface area contributed by atoms with Crippen LogP contribution in [0.25, 0.3) is 50.0 Å². The molecule has 2 heterocycles. The van der Waals surface area contributed by atoms with E-state index >= 15 is 0 Å². The molecule has 2 aliphatic rings. The monoisotopic (exact) mass is 941 g/mol. The fraction of sp³-hybridized carbons (Fsp3) is 0.113. The summed E-state index contributed by atoms with van der Waals surface area (Å²) in [5, 5.41) is 6.86. The zero-order valence-electron chi connectivity index (χ0n) is 40.6. The van der Waals surface area contributed by atoms with Gasteiger partial charge in [-0.05, 0) is 121 Å². The van der Waals surface area contributed by atoms with Crippen molar-refractivity contribution in [2.75, 3.05) is 34.8 Å². The number of aromatic nitrogens is 2. The van der Waals surface area contributed by atoms with Gasteiger partial charge >= 0.3 is 0 Å². The third-order valence-corrected chi connectivity index (χ3v) is 13.9. The molecule has 1 aromatic heterocycles. The highest BCUT2D eigenvalue weighted by molar-refractivity contribution is 6.11. The molecule has 10 heteroatoms. The van der Waals surface area contributed by atoms with E-state index in [9.17, 15) is 9.59 Å². The lowest BCUT2D eigenvalue weighted by Crippen LogP contribution is -2.41. The number of hydrogen-bond donors (Lipinski definition) is 4. The van der Waals surface area contributed by atoms with Crippen LogP contribution < -0.4 is 31.6 Å². The van der Waals surface area contributed by atoms with Gasteiger partial charge in [-0.2, -0.15) is 0 Å². The maximum atomic E-state index is 13.6. The Hall–Kier alpha value is -9.15. The maximum Gasteiger partial charge on any atom is 0.239 e. The average molecular weight is 942 g/mol. The number of allylic oxidation sites excluding steroid dienone is 1. The standard InChI is InChI=1S/C62H52N8O2/c1-37-27-53-57(31-49(37)63)69(47-11-7-5-8-12-47)59-33-51(39(3)29-55(59)67-53)65-35-61(71)45-23-19-43(20-24-45)41-15-17-42(18-16-41)44-21-25-46(26-22-44)62(72)36-66-52-34-60-56(30-40(52)4)68-54-28-38(2)50(64)32-58(54)70(60)48-13-9-6-10-14-48/h5-34,59,65H,35-36,63H2,1-4H3,(H2,64,66)/p+1. The molecule has 0 amide bonds. The average Bonchev–Trinajstić information content (AvgIpc) is 3.40. The number of rotatable bonds is 12. The van der Waals surface area contributed by atoms with E-state index in [0.29, 0.717) is 16.8 Å². The number of fused-ring (bicyclic) bond motifs is 4. The molecule has 1 aliphatic carbocycles. The van der Waals surface area contributed by atoms with Gasteiger partial charge in [0.15, 0.2) is 11.6 Å². The number of nitrogens with two attached hydrogens (primary N) is 2. The van der Waals surface area contributed by atoms with Crippen molar-refractivity contribution in [2.24, 2.45) is 4.99 Å². The second-order valence-electron chi connectivity index (χ2n) is 18.7. The molecule has 10 nitrogen and oxygen atoms in total. The van der Waals surface area contributed by atoms with E-state index in [-0.39, 0.29) is 30.7 Å². The van der Waals surface area contributed by atoms with E-state index < -0.39 is 0 Å². The number of ketones is 2. The number of nitrogen functional groups attached to an aromatic ring is 2. The summed E-state index contributed by atoms with van der Waals surface area (Å²) in [6.45, 7) is 8.34. The molecule has 1 unspecified atom stereocenters. The summed E-state index contributed by atoms with van der Waals surface area (Å²) in [5.74, 6) is -0.0213. The van der Waals surface area contributed by atoms with Gasteiger partial charge in [0.2, 0.25) is 16.7 Å². The number of aliphatic imine (C=N–C) groups is 1. The van der Waals surface area contributed by atoms with Crippen molar-refractivity contribution in [3.8, 4) is 27.9 Å². The molecular formula is C62H53N8O2+. The molecule has 1 atom stereocenters. The van der Waals surface area contributed by atoms with Crippen LogP contribution in [0.2, 0.25) is 0 Å². The second kappa shape index (κ2) is 18.6. The maximum absolute atomic E-state index is 13.6. The van der Waals surface area contributed by atoms with Gasteiger partial charge in [0.05, 0.1) is 36.2 Å². The highest BCUT2D eigenvalue weighted by Gasteiger charge is 2.33. The first kappa shape index (κ1) is 45.3. The van der Waals surface area contributed by atoms with E-state index in [1.54, 1.807) is 0 Å². The molecule has 72 heavy (non-hydrogen) atoms. The molecule has 0 saturated heterocycles. The highest BCUT2D eigenvalue weighted by atomic mass is 16.1. The predicted molar refractivity (Wildman–Crippen MR) is 294 cm³/mol. The largest absolute Gasteiger partial charge is 0.398 e. The fourth-order valence-electron chi connectivity index (χ4n) is 9.75. The fourth-order valence-corrected chi connectivity index (χ4v) is 9.75. The summed E-state index contributed by atoms with van der Waals surface area (Å²) in [6.07, 6.45) is 4.25. The van der Waals surface area contributed by atoms with E-state index in [1.165, 1.54) is 0 Å². The van der Waals surface area contributed by atoms with Crippen molar-refractivity contribution in [1.82, 2.24) is 10.3 Å². The van der Waals surface area contributed by atoms with Gasteiger partial charge < -0.3 is 27.0 Å². The van der Waals surface area contributed by atoms with Crippen LogP contribution in [-0.4, -0.2) is 41.4 Å². The van der Waals surface area contributed by atoms with Gasteiger partial charge in [-0.25, -0.2) is 9.98 Å². The summed E-state index contributed by atoms with van der Waals surface area (Å²) in [4.78, 5) is 39.5. The number of carbonyl (C=O) groups is 2. The Balaban J connectivity index is 0.734. The van der Waals surface area contributed by atoms with Gasteiger partial charge in [-0.1, -0.05) is 109 Å².